The minimum absolute atomic E-state index is 0.200. The number of amides is 1. The van der Waals surface area contributed by atoms with Crippen molar-refractivity contribution < 1.29 is 14.3 Å². The maximum Gasteiger partial charge on any atom is 0.295 e. The summed E-state index contributed by atoms with van der Waals surface area (Å²) < 4.78 is 8.64. The molecular formula is C23H20N10O3. The lowest BCUT2D eigenvalue weighted by molar-refractivity contribution is -0.127. The molecule has 0 aliphatic carbocycles. The van der Waals surface area contributed by atoms with Crippen molar-refractivity contribution in [2.75, 3.05) is 13.7 Å². The van der Waals surface area contributed by atoms with Gasteiger partial charge in [0.25, 0.3) is 17.6 Å². The number of aryl methyl sites for hydroxylation is 1. The molecule has 1 aliphatic rings. The SMILES string of the molecule is COc1cnc(-n2cnc(C)n2)c2[nH]cc(C(=O)C(=O)N3CCc4c(cnn4-c4ncccn4)C3)c12. The zero-order valence-corrected chi connectivity index (χ0v) is 19.4. The average Bonchev–Trinajstić information content (AvgIpc) is 3.65. The number of methoxy groups -OCH3 is 1. The molecule has 0 atom stereocenters. The fourth-order valence-electron chi connectivity index (χ4n) is 4.40. The Morgan fingerprint density at radius 3 is 2.69 bits per heavy atom. The van der Waals surface area contributed by atoms with Gasteiger partial charge in [-0.25, -0.2) is 29.3 Å². The zero-order chi connectivity index (χ0) is 24.8. The summed E-state index contributed by atoms with van der Waals surface area (Å²) in [4.78, 5) is 48.3. The smallest absolute Gasteiger partial charge is 0.295 e. The maximum absolute atomic E-state index is 13.4. The number of hydrogen-bond acceptors (Lipinski definition) is 9. The minimum atomic E-state index is -0.645. The van der Waals surface area contributed by atoms with E-state index in [9.17, 15) is 9.59 Å². The van der Waals surface area contributed by atoms with E-state index in [0.29, 0.717) is 47.2 Å². The highest BCUT2D eigenvalue weighted by molar-refractivity contribution is 6.45. The average molecular weight is 484 g/mol. The van der Waals surface area contributed by atoms with Gasteiger partial charge in [0.2, 0.25) is 0 Å². The molecule has 6 heterocycles. The summed E-state index contributed by atoms with van der Waals surface area (Å²) >= 11 is 0. The Bertz CT molecular complexity index is 1620. The van der Waals surface area contributed by atoms with Crippen molar-refractivity contribution >= 4 is 22.6 Å². The summed E-state index contributed by atoms with van der Waals surface area (Å²) in [5.74, 6) is 0.595. The molecule has 0 radical (unpaired) electrons. The van der Waals surface area contributed by atoms with Gasteiger partial charge in [-0.15, -0.1) is 0 Å². The Kier molecular flexibility index (Phi) is 5.02. The van der Waals surface area contributed by atoms with Crippen molar-refractivity contribution in [2.24, 2.45) is 0 Å². The van der Waals surface area contributed by atoms with Gasteiger partial charge in [0.05, 0.1) is 41.7 Å². The van der Waals surface area contributed by atoms with Crippen LogP contribution in [0.5, 0.6) is 5.75 Å². The number of hydrogen-bond donors (Lipinski definition) is 1. The number of rotatable bonds is 5. The third-order valence-electron chi connectivity index (χ3n) is 6.10. The molecule has 180 valence electrons. The highest BCUT2D eigenvalue weighted by atomic mass is 16.5. The highest BCUT2D eigenvalue weighted by Gasteiger charge is 2.31. The lowest BCUT2D eigenvalue weighted by atomic mass is 10.0. The van der Waals surface area contributed by atoms with Gasteiger partial charge < -0.3 is 14.6 Å². The van der Waals surface area contributed by atoms with Gasteiger partial charge in [-0.2, -0.15) is 10.2 Å². The van der Waals surface area contributed by atoms with Crippen molar-refractivity contribution in [1.29, 1.82) is 0 Å². The Labute approximate surface area is 203 Å². The van der Waals surface area contributed by atoms with Crippen LogP contribution in [0.2, 0.25) is 0 Å². The molecule has 1 amide bonds. The second-order valence-electron chi connectivity index (χ2n) is 8.22. The molecular weight excluding hydrogens is 464 g/mol. The number of ketones is 1. The first-order valence-electron chi connectivity index (χ1n) is 11.1. The number of H-pyrrole nitrogens is 1. The van der Waals surface area contributed by atoms with Crippen LogP contribution in [-0.4, -0.2) is 74.7 Å². The van der Waals surface area contributed by atoms with Gasteiger partial charge in [-0.3, -0.25) is 9.59 Å². The molecule has 0 bridgehead atoms. The molecule has 13 heteroatoms. The Morgan fingerprint density at radius 1 is 1.11 bits per heavy atom. The summed E-state index contributed by atoms with van der Waals surface area (Å²) in [5, 5.41) is 9.15. The predicted octanol–water partition coefficient (Wildman–Crippen LogP) is 1.20. The fourth-order valence-corrected chi connectivity index (χ4v) is 4.40. The quantitative estimate of drug-likeness (QED) is 0.287. The van der Waals surface area contributed by atoms with E-state index in [2.05, 4.69) is 35.1 Å². The molecule has 0 spiro atoms. The van der Waals surface area contributed by atoms with Gasteiger partial charge in [0.1, 0.15) is 17.9 Å². The van der Waals surface area contributed by atoms with Crippen LogP contribution in [0.4, 0.5) is 0 Å². The van der Waals surface area contributed by atoms with Gasteiger partial charge in [-0.1, -0.05) is 0 Å². The predicted molar refractivity (Wildman–Crippen MR) is 125 cm³/mol. The lowest BCUT2D eigenvalue weighted by Gasteiger charge is -2.26. The Morgan fingerprint density at radius 2 is 1.94 bits per heavy atom. The maximum atomic E-state index is 13.4. The topological polar surface area (TPSA) is 150 Å². The van der Waals surface area contributed by atoms with Gasteiger partial charge >= 0.3 is 0 Å². The number of fused-ring (bicyclic) bond motifs is 2. The molecule has 5 aromatic rings. The monoisotopic (exact) mass is 484 g/mol. The Balaban J connectivity index is 1.31. The normalized spacial score (nSPS) is 13.1. The van der Waals surface area contributed by atoms with E-state index in [1.54, 1.807) is 36.3 Å². The van der Waals surface area contributed by atoms with Gasteiger partial charge in [0.15, 0.2) is 5.82 Å². The van der Waals surface area contributed by atoms with E-state index in [-0.39, 0.29) is 12.1 Å². The highest BCUT2D eigenvalue weighted by Crippen LogP contribution is 2.32. The molecule has 1 aliphatic heterocycles. The molecule has 1 N–H and O–H groups in total. The summed E-state index contributed by atoms with van der Waals surface area (Å²) in [5.41, 5.74) is 2.48. The molecule has 6 rings (SSSR count). The summed E-state index contributed by atoms with van der Waals surface area (Å²) in [6, 6.07) is 1.73. The molecule has 0 unspecified atom stereocenters. The third kappa shape index (κ3) is 3.40. The summed E-state index contributed by atoms with van der Waals surface area (Å²) in [6.07, 6.45) is 10.0. The molecule has 0 fully saturated rings. The van der Waals surface area contributed by atoms with E-state index in [1.807, 2.05) is 0 Å². The number of Topliss-reactive ketones (excluding diaryl/α,β-unsaturated/α-hetero) is 1. The number of pyridine rings is 1. The molecule has 5 aromatic heterocycles. The first kappa shape index (κ1) is 21.6. The number of aromatic nitrogens is 9. The van der Waals surface area contributed by atoms with Crippen LogP contribution in [-0.2, 0) is 17.8 Å². The molecule has 0 saturated heterocycles. The van der Waals surface area contributed by atoms with Crippen LogP contribution in [0.3, 0.4) is 0 Å². The largest absolute Gasteiger partial charge is 0.494 e. The first-order valence-corrected chi connectivity index (χ1v) is 11.1. The number of carbonyl (C=O) groups excluding carboxylic acids is 2. The van der Waals surface area contributed by atoms with E-state index in [0.717, 1.165) is 11.3 Å². The van der Waals surface area contributed by atoms with Crippen LogP contribution in [0, 0.1) is 6.92 Å². The fraction of sp³-hybridized carbons (Fsp3) is 0.217. The van der Waals surface area contributed by atoms with Crippen molar-refractivity contribution in [2.45, 2.75) is 19.9 Å². The van der Waals surface area contributed by atoms with E-state index < -0.39 is 11.7 Å². The van der Waals surface area contributed by atoms with Gasteiger partial charge in [-0.05, 0) is 13.0 Å². The van der Waals surface area contributed by atoms with E-state index in [4.69, 9.17) is 4.74 Å². The molecule has 0 aromatic carbocycles. The minimum Gasteiger partial charge on any atom is -0.494 e. The zero-order valence-electron chi connectivity index (χ0n) is 19.4. The van der Waals surface area contributed by atoms with Crippen molar-refractivity contribution in [3.63, 3.8) is 0 Å². The van der Waals surface area contributed by atoms with Crippen LogP contribution in [0.15, 0.2) is 43.4 Å². The number of carbonyl (C=O) groups is 2. The van der Waals surface area contributed by atoms with Crippen LogP contribution < -0.4 is 4.74 Å². The van der Waals surface area contributed by atoms with Crippen molar-refractivity contribution in [3.8, 4) is 17.5 Å². The van der Waals surface area contributed by atoms with Crippen LogP contribution in [0.25, 0.3) is 22.7 Å². The van der Waals surface area contributed by atoms with E-state index >= 15 is 0 Å². The number of aromatic amines is 1. The van der Waals surface area contributed by atoms with Crippen molar-refractivity contribution in [1.82, 2.24) is 49.4 Å². The second-order valence-corrected chi connectivity index (χ2v) is 8.22. The number of nitrogens with one attached hydrogen (secondary N) is 1. The lowest BCUT2D eigenvalue weighted by Crippen LogP contribution is -2.40. The van der Waals surface area contributed by atoms with E-state index in [1.165, 1.54) is 35.4 Å². The second kappa shape index (κ2) is 8.37. The molecule has 36 heavy (non-hydrogen) atoms. The van der Waals surface area contributed by atoms with Crippen LogP contribution in [0.1, 0.15) is 27.4 Å². The summed E-state index contributed by atoms with van der Waals surface area (Å²) in [7, 11) is 1.49. The number of nitrogens with zero attached hydrogens (tertiary/aromatic N) is 9. The number of ether oxygens (including phenoxy) is 1. The summed E-state index contributed by atoms with van der Waals surface area (Å²) in [6.45, 7) is 2.39. The van der Waals surface area contributed by atoms with Gasteiger partial charge in [0, 0.05) is 43.7 Å². The standard InChI is InChI=1S/C23H20N10O3/c1-13-28-12-32(30-13)21-19-18(17(36-2)10-27-21)15(9-26-19)20(34)22(35)31-7-4-16-14(11-31)8-29-33(16)23-24-5-3-6-25-23/h3,5-6,8-10,12,26H,4,7,11H2,1-2H3. The Hall–Kier alpha value is -4.94. The van der Waals surface area contributed by atoms with Crippen LogP contribution >= 0.6 is 0 Å². The third-order valence-corrected chi connectivity index (χ3v) is 6.10. The molecule has 13 nitrogen and oxygen atoms in total. The molecule has 0 saturated carbocycles. The van der Waals surface area contributed by atoms with Crippen molar-refractivity contribution in [3.05, 3.63) is 66.0 Å². The first-order chi connectivity index (χ1) is 17.5.